The third-order valence-corrected chi connectivity index (χ3v) is 4.22. The quantitative estimate of drug-likeness (QED) is 0.848. The lowest BCUT2D eigenvalue weighted by Crippen LogP contribution is -2.51. The van der Waals surface area contributed by atoms with Crippen LogP contribution < -0.4 is 5.73 Å². The average molecular weight is 318 g/mol. The number of ether oxygens (including phenoxy) is 1. The van der Waals surface area contributed by atoms with Gasteiger partial charge in [-0.25, -0.2) is 4.79 Å². The second-order valence-electron chi connectivity index (χ2n) is 5.88. The van der Waals surface area contributed by atoms with E-state index in [0.29, 0.717) is 18.5 Å². The highest BCUT2D eigenvalue weighted by Gasteiger charge is 2.31. The fraction of sp³-hybridized carbons (Fsp3) is 0.471. The van der Waals surface area contributed by atoms with E-state index >= 15 is 0 Å². The number of primary amides is 1. The minimum atomic E-state index is -0.600. The first-order valence-corrected chi connectivity index (χ1v) is 7.73. The monoisotopic (exact) mass is 318 g/mol. The van der Waals surface area contributed by atoms with E-state index in [1.807, 2.05) is 19.9 Å². The fourth-order valence-electron chi connectivity index (χ4n) is 2.69. The Morgan fingerprint density at radius 3 is 2.61 bits per heavy atom. The Kier molecular flexibility index (Phi) is 5.36. The van der Waals surface area contributed by atoms with Gasteiger partial charge in [0.1, 0.15) is 6.04 Å². The average Bonchev–Trinajstić information content (AvgIpc) is 2.54. The number of benzene rings is 1. The Morgan fingerprint density at radius 1 is 1.22 bits per heavy atom. The maximum atomic E-state index is 12.2. The Hall–Kier alpha value is -2.37. The molecule has 6 nitrogen and oxygen atoms in total. The zero-order chi connectivity index (χ0) is 17.0. The van der Waals surface area contributed by atoms with Gasteiger partial charge in [-0.2, -0.15) is 0 Å². The molecule has 0 radical (unpaired) electrons. The van der Waals surface area contributed by atoms with Gasteiger partial charge in [0, 0.05) is 6.54 Å². The molecule has 1 saturated heterocycles. The van der Waals surface area contributed by atoms with Crippen LogP contribution in [0.25, 0.3) is 0 Å². The van der Waals surface area contributed by atoms with E-state index in [0.717, 1.165) is 24.0 Å². The molecule has 1 aliphatic heterocycles. The molecule has 2 amide bonds. The second kappa shape index (κ2) is 7.26. The number of amides is 2. The van der Waals surface area contributed by atoms with E-state index < -0.39 is 17.9 Å². The number of hydrogen-bond donors (Lipinski definition) is 1. The van der Waals surface area contributed by atoms with Gasteiger partial charge in [-0.05, 0) is 56.4 Å². The van der Waals surface area contributed by atoms with Gasteiger partial charge >= 0.3 is 5.97 Å². The molecule has 0 bridgehead atoms. The van der Waals surface area contributed by atoms with Crippen molar-refractivity contribution in [3.63, 3.8) is 0 Å². The van der Waals surface area contributed by atoms with Crippen molar-refractivity contribution in [1.29, 1.82) is 0 Å². The van der Waals surface area contributed by atoms with Gasteiger partial charge < -0.3 is 15.4 Å². The molecular weight excluding hydrogens is 296 g/mol. The van der Waals surface area contributed by atoms with Crippen molar-refractivity contribution in [3.8, 4) is 0 Å². The fourth-order valence-corrected chi connectivity index (χ4v) is 2.69. The standard InChI is InChI=1S/C17H22N2O4/c1-11-6-7-13(9-12(11)2)17(22)23-10-15(20)19-8-4-3-5-14(19)16(18)21/h6-7,9,14H,3-5,8,10H2,1-2H3,(H2,18,21)/t14-/m1/s1. The zero-order valence-corrected chi connectivity index (χ0v) is 13.5. The van der Waals surface area contributed by atoms with Crippen LogP contribution in [0, 0.1) is 13.8 Å². The number of piperidine rings is 1. The first kappa shape index (κ1) is 17.0. The number of likely N-dealkylation sites (tertiary alicyclic amines) is 1. The highest BCUT2D eigenvalue weighted by atomic mass is 16.5. The molecule has 124 valence electrons. The van der Waals surface area contributed by atoms with Gasteiger partial charge in [-0.1, -0.05) is 6.07 Å². The van der Waals surface area contributed by atoms with Gasteiger partial charge in [-0.3, -0.25) is 9.59 Å². The lowest BCUT2D eigenvalue weighted by atomic mass is 10.0. The summed E-state index contributed by atoms with van der Waals surface area (Å²) in [5.41, 5.74) is 7.80. The molecule has 0 unspecified atom stereocenters. The molecule has 1 aromatic carbocycles. The van der Waals surface area contributed by atoms with E-state index in [4.69, 9.17) is 10.5 Å². The van der Waals surface area contributed by atoms with Crippen molar-refractivity contribution in [1.82, 2.24) is 4.90 Å². The zero-order valence-electron chi connectivity index (χ0n) is 13.5. The summed E-state index contributed by atoms with van der Waals surface area (Å²) in [6.07, 6.45) is 2.24. The van der Waals surface area contributed by atoms with Crippen LogP contribution in [0.1, 0.15) is 40.7 Å². The van der Waals surface area contributed by atoms with E-state index in [1.54, 1.807) is 12.1 Å². The first-order chi connectivity index (χ1) is 10.9. The minimum absolute atomic E-state index is 0.379. The van der Waals surface area contributed by atoms with Crippen LogP contribution in [0.3, 0.4) is 0 Å². The van der Waals surface area contributed by atoms with Gasteiger partial charge in [0.15, 0.2) is 6.61 Å². The van der Waals surface area contributed by atoms with E-state index in [-0.39, 0.29) is 12.5 Å². The topological polar surface area (TPSA) is 89.7 Å². The SMILES string of the molecule is Cc1ccc(C(=O)OCC(=O)N2CCCC[C@@H]2C(N)=O)cc1C. The molecule has 0 spiro atoms. The number of rotatable bonds is 4. The predicted molar refractivity (Wildman–Crippen MR) is 84.7 cm³/mol. The predicted octanol–water partition coefficient (Wildman–Crippen LogP) is 1.33. The number of nitrogens with two attached hydrogens (primary N) is 1. The molecule has 1 fully saturated rings. The van der Waals surface area contributed by atoms with Crippen LogP contribution in [0.15, 0.2) is 18.2 Å². The van der Waals surface area contributed by atoms with Crippen LogP contribution in [0.2, 0.25) is 0 Å². The van der Waals surface area contributed by atoms with Crippen molar-refractivity contribution >= 4 is 17.8 Å². The third kappa shape index (κ3) is 4.09. The summed E-state index contributed by atoms with van der Waals surface area (Å²) in [4.78, 5) is 37.1. The largest absolute Gasteiger partial charge is 0.452 e. The molecular formula is C17H22N2O4. The van der Waals surface area contributed by atoms with Crippen molar-refractivity contribution < 1.29 is 19.1 Å². The summed E-state index contributed by atoms with van der Waals surface area (Å²) in [6.45, 7) is 3.94. The molecule has 1 aliphatic rings. The van der Waals surface area contributed by atoms with Gasteiger partial charge in [0.25, 0.3) is 5.91 Å². The Labute approximate surface area is 135 Å². The minimum Gasteiger partial charge on any atom is -0.452 e. The number of carbonyl (C=O) groups excluding carboxylic acids is 3. The normalized spacial score (nSPS) is 17.7. The van der Waals surface area contributed by atoms with Crippen molar-refractivity contribution in [2.45, 2.75) is 39.2 Å². The van der Waals surface area contributed by atoms with E-state index in [1.165, 1.54) is 4.90 Å². The van der Waals surface area contributed by atoms with Crippen LogP contribution in [-0.2, 0) is 14.3 Å². The molecule has 0 aliphatic carbocycles. The molecule has 1 heterocycles. The summed E-state index contributed by atoms with van der Waals surface area (Å²) < 4.78 is 5.08. The smallest absolute Gasteiger partial charge is 0.338 e. The van der Waals surface area contributed by atoms with Crippen LogP contribution in [-0.4, -0.2) is 41.9 Å². The maximum absolute atomic E-state index is 12.2. The van der Waals surface area contributed by atoms with Crippen molar-refractivity contribution in [3.05, 3.63) is 34.9 Å². The van der Waals surface area contributed by atoms with E-state index in [9.17, 15) is 14.4 Å². The molecule has 23 heavy (non-hydrogen) atoms. The highest BCUT2D eigenvalue weighted by molar-refractivity contribution is 5.92. The first-order valence-electron chi connectivity index (χ1n) is 7.73. The molecule has 1 atom stereocenters. The molecule has 6 heteroatoms. The molecule has 1 aromatic rings. The number of hydrogen-bond acceptors (Lipinski definition) is 4. The van der Waals surface area contributed by atoms with Gasteiger partial charge in [-0.15, -0.1) is 0 Å². The van der Waals surface area contributed by atoms with Crippen LogP contribution in [0.5, 0.6) is 0 Å². The summed E-state index contributed by atoms with van der Waals surface area (Å²) in [6, 6.07) is 4.63. The lowest BCUT2D eigenvalue weighted by molar-refractivity contribution is -0.143. The maximum Gasteiger partial charge on any atom is 0.338 e. The third-order valence-electron chi connectivity index (χ3n) is 4.22. The number of aryl methyl sites for hydroxylation is 2. The lowest BCUT2D eigenvalue weighted by Gasteiger charge is -2.33. The molecule has 0 saturated carbocycles. The summed E-state index contributed by atoms with van der Waals surface area (Å²) in [7, 11) is 0. The number of nitrogens with zero attached hydrogens (tertiary/aromatic N) is 1. The summed E-state index contributed by atoms with van der Waals surface area (Å²) in [5, 5.41) is 0. The van der Waals surface area contributed by atoms with Crippen LogP contribution >= 0.6 is 0 Å². The highest BCUT2D eigenvalue weighted by Crippen LogP contribution is 2.17. The second-order valence-corrected chi connectivity index (χ2v) is 5.88. The van der Waals surface area contributed by atoms with Crippen LogP contribution in [0.4, 0.5) is 0 Å². The Bertz CT molecular complexity index is 627. The molecule has 2 N–H and O–H groups in total. The van der Waals surface area contributed by atoms with Crippen molar-refractivity contribution in [2.24, 2.45) is 5.73 Å². The Balaban J connectivity index is 1.96. The summed E-state index contributed by atoms with van der Waals surface area (Å²) >= 11 is 0. The molecule has 0 aromatic heterocycles. The summed E-state index contributed by atoms with van der Waals surface area (Å²) in [5.74, 6) is -1.45. The van der Waals surface area contributed by atoms with Crippen molar-refractivity contribution in [2.75, 3.05) is 13.2 Å². The van der Waals surface area contributed by atoms with Gasteiger partial charge in [0.05, 0.1) is 5.56 Å². The van der Waals surface area contributed by atoms with E-state index in [2.05, 4.69) is 0 Å². The van der Waals surface area contributed by atoms with Gasteiger partial charge in [0.2, 0.25) is 5.91 Å². The number of esters is 1. The Morgan fingerprint density at radius 2 is 1.96 bits per heavy atom. The molecule has 2 rings (SSSR count). The number of carbonyl (C=O) groups is 3.